The van der Waals surface area contributed by atoms with Crippen LogP contribution in [0.25, 0.3) is 0 Å². The van der Waals surface area contributed by atoms with Crippen molar-refractivity contribution >= 4 is 37.2 Å². The first kappa shape index (κ1) is 22.3. The molecule has 1 fully saturated rings. The molecular weight excluding hydrogens is 317 g/mol. The second-order valence-electron chi connectivity index (χ2n) is 4.93. The van der Waals surface area contributed by atoms with Crippen molar-refractivity contribution in [1.29, 1.82) is 0 Å². The Morgan fingerprint density at radius 1 is 0.900 bits per heavy atom. The molecule has 2 rings (SSSR count). The number of piperazine rings is 1. The van der Waals surface area contributed by atoms with Crippen molar-refractivity contribution in [2.45, 2.75) is 13.0 Å². The number of hydrogen-bond acceptors (Lipinski definition) is 3. The van der Waals surface area contributed by atoms with Gasteiger partial charge in [-0.15, -0.1) is 37.2 Å². The number of halogens is 3. The van der Waals surface area contributed by atoms with Crippen molar-refractivity contribution in [1.82, 2.24) is 9.80 Å². The molecule has 0 bridgehead atoms. The van der Waals surface area contributed by atoms with E-state index in [4.69, 9.17) is 5.73 Å². The van der Waals surface area contributed by atoms with Gasteiger partial charge in [0.2, 0.25) is 0 Å². The van der Waals surface area contributed by atoms with E-state index in [2.05, 4.69) is 41.1 Å². The van der Waals surface area contributed by atoms with E-state index in [0.29, 0.717) is 0 Å². The monoisotopic (exact) mass is 341 g/mol. The number of nitrogens with zero attached hydrogens (tertiary/aromatic N) is 2. The lowest BCUT2D eigenvalue weighted by atomic mass is 10.1. The van der Waals surface area contributed by atoms with Gasteiger partial charge >= 0.3 is 0 Å². The van der Waals surface area contributed by atoms with Crippen LogP contribution in [0.5, 0.6) is 0 Å². The van der Waals surface area contributed by atoms with Crippen LogP contribution >= 0.6 is 37.2 Å². The summed E-state index contributed by atoms with van der Waals surface area (Å²) >= 11 is 0. The highest BCUT2D eigenvalue weighted by atomic mass is 35.5. The molecule has 0 amide bonds. The molecule has 1 aromatic carbocycles. The normalized spacial score (nSPS) is 15.7. The average Bonchev–Trinajstić information content (AvgIpc) is 2.35. The summed E-state index contributed by atoms with van der Waals surface area (Å²) in [5.74, 6) is 0. The Labute approximate surface area is 141 Å². The number of nitrogens with two attached hydrogens (primary N) is 1. The third kappa shape index (κ3) is 7.11. The first-order chi connectivity index (χ1) is 8.28. The molecule has 118 valence electrons. The fourth-order valence-corrected chi connectivity index (χ4v) is 2.24. The fraction of sp³-hybridized carbons (Fsp3) is 0.571. The minimum absolute atomic E-state index is 0. The minimum atomic E-state index is 0. The molecule has 1 saturated heterocycles. The van der Waals surface area contributed by atoms with Crippen molar-refractivity contribution in [2.24, 2.45) is 5.73 Å². The molecule has 1 aliphatic heterocycles. The van der Waals surface area contributed by atoms with E-state index in [-0.39, 0.29) is 37.2 Å². The molecule has 20 heavy (non-hydrogen) atoms. The van der Waals surface area contributed by atoms with Gasteiger partial charge in [-0.3, -0.25) is 4.90 Å². The summed E-state index contributed by atoms with van der Waals surface area (Å²) in [6, 6.07) is 8.89. The van der Waals surface area contributed by atoms with Gasteiger partial charge in [-0.05, 0) is 31.1 Å². The first-order valence-electron chi connectivity index (χ1n) is 6.47. The van der Waals surface area contributed by atoms with E-state index < -0.39 is 0 Å². The predicted molar refractivity (Wildman–Crippen MR) is 93.7 cm³/mol. The molecule has 2 N–H and O–H groups in total. The van der Waals surface area contributed by atoms with E-state index in [1.165, 1.54) is 37.3 Å². The zero-order chi connectivity index (χ0) is 12.1. The van der Waals surface area contributed by atoms with Crippen molar-refractivity contribution in [3.8, 4) is 0 Å². The fourth-order valence-electron chi connectivity index (χ4n) is 2.24. The smallest absolute Gasteiger partial charge is 0.0234 e. The molecule has 1 aromatic rings. The molecule has 3 nitrogen and oxygen atoms in total. The Morgan fingerprint density at radius 3 is 1.90 bits per heavy atom. The van der Waals surface area contributed by atoms with Gasteiger partial charge < -0.3 is 10.6 Å². The standard InChI is InChI=1S/C14H23N3.3ClH/c1-16-8-10-17(11-9-16)12-14-4-2-13(3-5-14)6-7-15;;;/h2-5H,6-12,15H2,1H3;3*1H. The van der Waals surface area contributed by atoms with Crippen molar-refractivity contribution < 1.29 is 0 Å². The van der Waals surface area contributed by atoms with Crippen molar-refractivity contribution in [2.75, 3.05) is 39.8 Å². The summed E-state index contributed by atoms with van der Waals surface area (Å²) in [7, 11) is 2.19. The third-order valence-electron chi connectivity index (χ3n) is 3.46. The second kappa shape index (κ2) is 11.6. The van der Waals surface area contributed by atoms with Crippen molar-refractivity contribution in [3.63, 3.8) is 0 Å². The van der Waals surface area contributed by atoms with Crippen LogP contribution in [0.3, 0.4) is 0 Å². The van der Waals surface area contributed by atoms with Crippen LogP contribution in [0.4, 0.5) is 0 Å². The minimum Gasteiger partial charge on any atom is -0.330 e. The van der Waals surface area contributed by atoms with E-state index in [1.807, 2.05) is 0 Å². The highest BCUT2D eigenvalue weighted by Gasteiger charge is 2.13. The molecular formula is C14H26Cl3N3. The zero-order valence-corrected chi connectivity index (χ0v) is 14.4. The predicted octanol–water partition coefficient (Wildman–Crippen LogP) is 2.20. The molecule has 0 spiro atoms. The van der Waals surface area contributed by atoms with Gasteiger partial charge in [-0.2, -0.15) is 0 Å². The van der Waals surface area contributed by atoms with Gasteiger partial charge in [-0.25, -0.2) is 0 Å². The highest BCUT2D eigenvalue weighted by Crippen LogP contribution is 2.09. The molecule has 0 aromatic heterocycles. The van der Waals surface area contributed by atoms with Crippen LogP contribution in [-0.4, -0.2) is 49.6 Å². The second-order valence-corrected chi connectivity index (χ2v) is 4.93. The van der Waals surface area contributed by atoms with Crippen LogP contribution in [0.2, 0.25) is 0 Å². The van der Waals surface area contributed by atoms with E-state index in [9.17, 15) is 0 Å². The molecule has 0 aliphatic carbocycles. The maximum Gasteiger partial charge on any atom is 0.0234 e. The maximum absolute atomic E-state index is 5.55. The lowest BCUT2D eigenvalue weighted by molar-refractivity contribution is 0.148. The molecule has 0 atom stereocenters. The quantitative estimate of drug-likeness (QED) is 0.910. The summed E-state index contributed by atoms with van der Waals surface area (Å²) in [4.78, 5) is 4.92. The summed E-state index contributed by atoms with van der Waals surface area (Å²) in [5, 5.41) is 0. The number of benzene rings is 1. The first-order valence-corrected chi connectivity index (χ1v) is 6.47. The van der Waals surface area contributed by atoms with E-state index >= 15 is 0 Å². The van der Waals surface area contributed by atoms with Crippen LogP contribution in [0.1, 0.15) is 11.1 Å². The maximum atomic E-state index is 5.55. The molecule has 0 radical (unpaired) electrons. The summed E-state index contributed by atoms with van der Waals surface area (Å²) < 4.78 is 0. The lowest BCUT2D eigenvalue weighted by Crippen LogP contribution is -2.43. The lowest BCUT2D eigenvalue weighted by Gasteiger charge is -2.32. The number of likely N-dealkylation sites (N-methyl/N-ethyl adjacent to an activating group) is 1. The van der Waals surface area contributed by atoms with Gasteiger partial charge in [-0.1, -0.05) is 24.3 Å². The molecule has 1 aliphatic rings. The summed E-state index contributed by atoms with van der Waals surface area (Å²) in [6.07, 6.45) is 0.981. The Hall–Kier alpha value is -0.0300. The Bertz CT molecular complexity index is 338. The molecule has 1 heterocycles. The molecule has 0 saturated carbocycles. The van der Waals surface area contributed by atoms with Crippen molar-refractivity contribution in [3.05, 3.63) is 35.4 Å². The Kier molecular flexibility index (Phi) is 12.9. The van der Waals surface area contributed by atoms with Gasteiger partial charge in [0.05, 0.1) is 0 Å². The largest absolute Gasteiger partial charge is 0.330 e. The number of rotatable bonds is 4. The van der Waals surface area contributed by atoms with Crippen LogP contribution in [0, 0.1) is 0 Å². The summed E-state index contributed by atoms with van der Waals surface area (Å²) in [6.45, 7) is 6.55. The topological polar surface area (TPSA) is 32.5 Å². The third-order valence-corrected chi connectivity index (χ3v) is 3.46. The SMILES string of the molecule is CN1CCN(Cc2ccc(CCN)cc2)CC1.Cl.Cl.Cl. The van der Waals surface area contributed by atoms with Gasteiger partial charge in [0.25, 0.3) is 0 Å². The Balaban J connectivity index is 0. The molecule has 6 heteroatoms. The van der Waals surface area contributed by atoms with Crippen LogP contribution in [-0.2, 0) is 13.0 Å². The molecule has 0 unspecified atom stereocenters. The number of hydrogen-bond donors (Lipinski definition) is 1. The van der Waals surface area contributed by atoms with Crippen LogP contribution in [0.15, 0.2) is 24.3 Å². The van der Waals surface area contributed by atoms with Gasteiger partial charge in [0, 0.05) is 32.7 Å². The van der Waals surface area contributed by atoms with Gasteiger partial charge in [0.1, 0.15) is 0 Å². The Morgan fingerprint density at radius 2 is 1.40 bits per heavy atom. The zero-order valence-electron chi connectivity index (χ0n) is 12.0. The van der Waals surface area contributed by atoms with Gasteiger partial charge in [0.15, 0.2) is 0 Å². The van der Waals surface area contributed by atoms with E-state index in [1.54, 1.807) is 0 Å². The van der Waals surface area contributed by atoms with Crippen LogP contribution < -0.4 is 5.73 Å². The average molecular weight is 343 g/mol. The highest BCUT2D eigenvalue weighted by molar-refractivity contribution is 5.86. The van der Waals surface area contributed by atoms with E-state index in [0.717, 1.165) is 19.5 Å². The summed E-state index contributed by atoms with van der Waals surface area (Å²) in [5.41, 5.74) is 8.30.